The van der Waals surface area contributed by atoms with Crippen molar-refractivity contribution in [1.29, 1.82) is 5.26 Å². The van der Waals surface area contributed by atoms with E-state index in [0.29, 0.717) is 0 Å². The molecule has 0 aliphatic heterocycles. The molecule has 4 nitrogen and oxygen atoms in total. The van der Waals surface area contributed by atoms with E-state index in [2.05, 4.69) is 0 Å². The maximum absolute atomic E-state index is 12.7. The molecule has 120 valence electrons. The molecule has 1 heterocycles. The Morgan fingerprint density at radius 1 is 1.12 bits per heavy atom. The third-order valence-corrected chi connectivity index (χ3v) is 5.58. The number of hydrogen-bond donors (Lipinski definition) is 0. The average molecular weight is 336 g/mol. The molecule has 0 fully saturated rings. The van der Waals surface area contributed by atoms with Crippen molar-refractivity contribution in [1.82, 2.24) is 4.57 Å². The van der Waals surface area contributed by atoms with Crippen molar-refractivity contribution in [2.45, 2.75) is 18.4 Å². The summed E-state index contributed by atoms with van der Waals surface area (Å²) in [5.41, 5.74) is 1.74. The number of nitriles is 1. The van der Waals surface area contributed by atoms with E-state index >= 15 is 0 Å². The fourth-order valence-electron chi connectivity index (χ4n) is 2.69. The van der Waals surface area contributed by atoms with Gasteiger partial charge in [-0.1, -0.05) is 36.4 Å². The number of aromatic nitrogens is 1. The van der Waals surface area contributed by atoms with Crippen LogP contribution < -0.4 is 0 Å². The molecule has 0 aliphatic carbocycles. The predicted molar refractivity (Wildman–Crippen MR) is 94.8 cm³/mol. The largest absolute Gasteiger partial charge is 0.347 e. The molecule has 0 aliphatic rings. The SMILES string of the molecule is CCn1cc(C=C(C#N)S(=O)(=O)c2ccccc2)c2ccccc21. The van der Waals surface area contributed by atoms with Crippen LogP contribution in [-0.2, 0) is 16.4 Å². The number of allylic oxidation sites excluding steroid dienone is 1. The Balaban J connectivity index is 2.18. The summed E-state index contributed by atoms with van der Waals surface area (Å²) in [4.78, 5) is -0.135. The van der Waals surface area contributed by atoms with E-state index < -0.39 is 9.84 Å². The highest BCUT2D eigenvalue weighted by atomic mass is 32.2. The fourth-order valence-corrected chi connectivity index (χ4v) is 3.86. The van der Waals surface area contributed by atoms with Crippen LogP contribution in [0.25, 0.3) is 17.0 Å². The zero-order valence-corrected chi connectivity index (χ0v) is 14.0. The van der Waals surface area contributed by atoms with Crippen LogP contribution in [0.4, 0.5) is 0 Å². The standard InChI is InChI=1S/C19H16N2O2S/c1-2-21-14-15(18-10-6-7-11-19(18)21)12-17(13-20)24(22,23)16-8-4-3-5-9-16/h3-12,14H,2H2,1H3. The lowest BCUT2D eigenvalue weighted by Crippen LogP contribution is -2.03. The highest BCUT2D eigenvalue weighted by Gasteiger charge is 2.21. The second kappa shape index (κ2) is 6.34. The molecule has 0 N–H and O–H groups in total. The first-order valence-corrected chi connectivity index (χ1v) is 9.06. The second-order valence-electron chi connectivity index (χ2n) is 5.32. The Labute approximate surface area is 141 Å². The molecule has 0 bridgehead atoms. The molecule has 0 unspecified atom stereocenters. The molecule has 0 atom stereocenters. The van der Waals surface area contributed by atoms with Gasteiger partial charge in [-0.05, 0) is 31.2 Å². The minimum absolute atomic E-state index is 0.122. The number of aryl methyl sites for hydroxylation is 1. The zero-order valence-electron chi connectivity index (χ0n) is 13.2. The van der Waals surface area contributed by atoms with Crippen LogP contribution >= 0.6 is 0 Å². The Bertz CT molecular complexity index is 1060. The van der Waals surface area contributed by atoms with Crippen molar-refractivity contribution < 1.29 is 8.42 Å². The Kier molecular flexibility index (Phi) is 4.24. The van der Waals surface area contributed by atoms with E-state index in [-0.39, 0.29) is 9.80 Å². The van der Waals surface area contributed by atoms with Gasteiger partial charge in [0.15, 0.2) is 0 Å². The van der Waals surface area contributed by atoms with Gasteiger partial charge in [-0.3, -0.25) is 0 Å². The van der Waals surface area contributed by atoms with Crippen LogP contribution in [0.2, 0.25) is 0 Å². The summed E-state index contributed by atoms with van der Waals surface area (Å²) in [5.74, 6) is 0. The maximum Gasteiger partial charge on any atom is 0.216 e. The van der Waals surface area contributed by atoms with Crippen LogP contribution in [0, 0.1) is 11.3 Å². The molecule has 0 radical (unpaired) electrons. The summed E-state index contributed by atoms with van der Waals surface area (Å²) in [7, 11) is -3.82. The Morgan fingerprint density at radius 3 is 2.46 bits per heavy atom. The number of nitrogens with zero attached hydrogens (tertiary/aromatic N) is 2. The van der Waals surface area contributed by atoms with Crippen LogP contribution in [0.5, 0.6) is 0 Å². The van der Waals surface area contributed by atoms with Gasteiger partial charge in [-0.25, -0.2) is 8.42 Å². The van der Waals surface area contributed by atoms with Gasteiger partial charge in [0.05, 0.1) is 4.90 Å². The van der Waals surface area contributed by atoms with E-state index in [1.165, 1.54) is 18.2 Å². The van der Waals surface area contributed by atoms with Gasteiger partial charge in [0.1, 0.15) is 11.0 Å². The van der Waals surface area contributed by atoms with Gasteiger partial charge in [0.2, 0.25) is 9.84 Å². The lowest BCUT2D eigenvalue weighted by molar-refractivity contribution is 0.603. The Morgan fingerprint density at radius 2 is 1.79 bits per heavy atom. The summed E-state index contributed by atoms with van der Waals surface area (Å²) in [6, 6.07) is 17.6. The van der Waals surface area contributed by atoms with Gasteiger partial charge in [0, 0.05) is 29.2 Å². The minimum atomic E-state index is -3.82. The molecule has 3 rings (SSSR count). The number of hydrogen-bond acceptors (Lipinski definition) is 3. The van der Waals surface area contributed by atoms with Crippen molar-refractivity contribution in [3.05, 3.63) is 71.3 Å². The number of fused-ring (bicyclic) bond motifs is 1. The summed E-state index contributed by atoms with van der Waals surface area (Å²) >= 11 is 0. The van der Waals surface area contributed by atoms with Gasteiger partial charge >= 0.3 is 0 Å². The number of rotatable bonds is 4. The third kappa shape index (κ3) is 2.72. The second-order valence-corrected chi connectivity index (χ2v) is 7.24. The lowest BCUT2D eigenvalue weighted by Gasteiger charge is -2.02. The Hall–Kier alpha value is -2.84. The van der Waals surface area contributed by atoms with Crippen molar-refractivity contribution in [2.24, 2.45) is 0 Å². The van der Waals surface area contributed by atoms with Gasteiger partial charge in [-0.2, -0.15) is 5.26 Å². The quantitative estimate of drug-likeness (QED) is 0.677. The average Bonchev–Trinajstić information content (AvgIpc) is 2.98. The molecule has 1 aromatic heterocycles. The van der Waals surface area contributed by atoms with Crippen molar-refractivity contribution in [3.63, 3.8) is 0 Å². The van der Waals surface area contributed by atoms with Crippen LogP contribution in [-0.4, -0.2) is 13.0 Å². The molecule has 5 heteroatoms. The van der Waals surface area contributed by atoms with E-state index in [4.69, 9.17) is 0 Å². The summed E-state index contributed by atoms with van der Waals surface area (Å²) in [5, 5.41) is 10.3. The molecular formula is C19H16N2O2S. The lowest BCUT2D eigenvalue weighted by atomic mass is 10.1. The number of para-hydroxylation sites is 1. The normalized spacial score (nSPS) is 12.2. The summed E-state index contributed by atoms with van der Waals surface area (Å²) in [6.45, 7) is 2.79. The first-order valence-electron chi connectivity index (χ1n) is 7.57. The predicted octanol–water partition coefficient (Wildman–Crippen LogP) is 4.00. The van der Waals surface area contributed by atoms with Gasteiger partial charge < -0.3 is 4.57 Å². The smallest absolute Gasteiger partial charge is 0.216 e. The van der Waals surface area contributed by atoms with E-state index in [9.17, 15) is 13.7 Å². The molecule has 3 aromatic rings. The first kappa shape index (κ1) is 16.0. The van der Waals surface area contributed by atoms with Crippen LogP contribution in [0.15, 0.2) is 70.6 Å². The highest BCUT2D eigenvalue weighted by Crippen LogP contribution is 2.26. The molecule has 2 aromatic carbocycles. The zero-order chi connectivity index (χ0) is 17.2. The van der Waals surface area contributed by atoms with Gasteiger partial charge in [0.25, 0.3) is 0 Å². The summed E-state index contributed by atoms with van der Waals surface area (Å²) < 4.78 is 27.4. The van der Waals surface area contributed by atoms with E-state index in [1.807, 2.05) is 48.0 Å². The fraction of sp³-hybridized carbons (Fsp3) is 0.105. The van der Waals surface area contributed by atoms with E-state index in [0.717, 1.165) is 23.0 Å². The molecule has 0 saturated heterocycles. The highest BCUT2D eigenvalue weighted by molar-refractivity contribution is 7.95. The van der Waals surface area contributed by atoms with Crippen molar-refractivity contribution in [3.8, 4) is 6.07 Å². The maximum atomic E-state index is 12.7. The number of sulfone groups is 1. The molecule has 0 amide bonds. The van der Waals surface area contributed by atoms with Crippen molar-refractivity contribution >= 4 is 26.8 Å². The van der Waals surface area contributed by atoms with Crippen LogP contribution in [0.1, 0.15) is 12.5 Å². The monoisotopic (exact) mass is 336 g/mol. The van der Waals surface area contributed by atoms with Crippen molar-refractivity contribution in [2.75, 3.05) is 0 Å². The summed E-state index contributed by atoms with van der Waals surface area (Å²) in [6.07, 6.45) is 3.33. The molecular weight excluding hydrogens is 320 g/mol. The third-order valence-electron chi connectivity index (χ3n) is 3.90. The minimum Gasteiger partial charge on any atom is -0.347 e. The van der Waals surface area contributed by atoms with Gasteiger partial charge in [-0.15, -0.1) is 0 Å². The van der Waals surface area contributed by atoms with E-state index in [1.54, 1.807) is 18.2 Å². The molecule has 0 saturated carbocycles. The topological polar surface area (TPSA) is 62.9 Å². The molecule has 24 heavy (non-hydrogen) atoms. The molecule has 0 spiro atoms. The van der Waals surface area contributed by atoms with Crippen LogP contribution in [0.3, 0.4) is 0 Å². The number of benzene rings is 2. The first-order chi connectivity index (χ1) is 11.6.